The number of amides is 1. The van der Waals surface area contributed by atoms with Gasteiger partial charge >= 0.3 is 5.97 Å². The molecule has 0 bridgehead atoms. The Hall–Kier alpha value is -3.15. The fourth-order valence-corrected chi connectivity index (χ4v) is 1.59. The molecule has 0 heterocycles. The summed E-state index contributed by atoms with van der Waals surface area (Å²) in [6.07, 6.45) is 1.36. The van der Waals surface area contributed by atoms with Crippen LogP contribution in [0.5, 0.6) is 5.75 Å². The number of nitrogens with one attached hydrogen (secondary N) is 1. The van der Waals surface area contributed by atoms with Gasteiger partial charge in [-0.25, -0.2) is 10.2 Å². The summed E-state index contributed by atoms with van der Waals surface area (Å²) >= 11 is 0. The van der Waals surface area contributed by atoms with Gasteiger partial charge in [-0.1, -0.05) is 42.1 Å². The number of carbonyl (C=O) groups is 2. The van der Waals surface area contributed by atoms with E-state index in [4.69, 9.17) is 5.11 Å². The van der Waals surface area contributed by atoms with E-state index in [2.05, 4.69) is 10.5 Å². The van der Waals surface area contributed by atoms with E-state index in [0.29, 0.717) is 5.56 Å². The van der Waals surface area contributed by atoms with Gasteiger partial charge in [0, 0.05) is 5.56 Å². The zero-order chi connectivity index (χ0) is 15.2. The van der Waals surface area contributed by atoms with Crippen LogP contribution in [0.2, 0.25) is 0 Å². The van der Waals surface area contributed by atoms with Crippen molar-refractivity contribution in [3.8, 4) is 5.75 Å². The first-order chi connectivity index (χ1) is 10.1. The van der Waals surface area contributed by atoms with Gasteiger partial charge in [-0.05, 0) is 17.7 Å². The maximum Gasteiger partial charge on any atom is 0.335 e. The molecule has 106 valence electrons. The predicted molar refractivity (Wildman–Crippen MR) is 74.3 cm³/mol. The van der Waals surface area contributed by atoms with Gasteiger partial charge in [0.2, 0.25) is 0 Å². The summed E-state index contributed by atoms with van der Waals surface area (Å²) in [5.74, 6) is -1.99. The maximum atomic E-state index is 11.7. The van der Waals surface area contributed by atoms with E-state index in [9.17, 15) is 14.7 Å². The molecule has 0 radical (unpaired) electrons. The number of hydrazone groups is 1. The van der Waals surface area contributed by atoms with E-state index >= 15 is 0 Å². The lowest BCUT2D eigenvalue weighted by atomic mass is 10.1. The minimum Gasteiger partial charge on any atom is -0.872 e. The Morgan fingerprint density at radius 3 is 2.38 bits per heavy atom. The summed E-state index contributed by atoms with van der Waals surface area (Å²) in [7, 11) is 0. The second-order valence-electron chi connectivity index (χ2n) is 4.12. The smallest absolute Gasteiger partial charge is 0.335 e. The quantitative estimate of drug-likeness (QED) is 0.650. The molecular weight excluding hydrogens is 272 g/mol. The summed E-state index contributed by atoms with van der Waals surface area (Å²) in [4.78, 5) is 22.4. The molecule has 0 aliphatic rings. The fraction of sp³-hybridized carbons (Fsp3) is 0. The third-order valence-electron chi connectivity index (χ3n) is 2.67. The molecule has 6 heteroatoms. The zero-order valence-electron chi connectivity index (χ0n) is 10.8. The molecule has 0 aromatic heterocycles. The van der Waals surface area contributed by atoms with Gasteiger partial charge in [0.15, 0.2) is 0 Å². The minimum atomic E-state index is -1.01. The van der Waals surface area contributed by atoms with E-state index in [1.165, 1.54) is 30.5 Å². The topological polar surface area (TPSA) is 102 Å². The standard InChI is InChI=1S/C15H12N2O4/c18-13-4-2-1-3-12(13)14(19)17-16-9-10-5-7-11(8-6-10)15(20)21/h1-9,18H,(H,17,19)(H,20,21)/p-1/b16-9-. The minimum absolute atomic E-state index is 0.0101. The highest BCUT2D eigenvalue weighted by Gasteiger charge is 2.04. The zero-order valence-corrected chi connectivity index (χ0v) is 10.8. The van der Waals surface area contributed by atoms with Crippen molar-refractivity contribution in [1.82, 2.24) is 5.43 Å². The fourth-order valence-electron chi connectivity index (χ4n) is 1.59. The molecule has 0 fully saturated rings. The normalized spacial score (nSPS) is 10.5. The number of carbonyl (C=O) groups excluding carboxylic acids is 1. The average molecular weight is 283 g/mol. The van der Waals surface area contributed by atoms with Crippen LogP contribution in [0.25, 0.3) is 0 Å². The van der Waals surface area contributed by atoms with Crippen LogP contribution in [-0.4, -0.2) is 23.2 Å². The van der Waals surface area contributed by atoms with Crippen molar-refractivity contribution in [3.63, 3.8) is 0 Å². The Labute approximate surface area is 120 Å². The van der Waals surface area contributed by atoms with Crippen molar-refractivity contribution >= 4 is 18.1 Å². The number of hydrogen-bond acceptors (Lipinski definition) is 4. The number of para-hydroxylation sites is 1. The van der Waals surface area contributed by atoms with E-state index < -0.39 is 11.9 Å². The summed E-state index contributed by atoms with van der Waals surface area (Å²) < 4.78 is 0. The Morgan fingerprint density at radius 1 is 1.10 bits per heavy atom. The van der Waals surface area contributed by atoms with Crippen LogP contribution >= 0.6 is 0 Å². The number of nitrogens with zero attached hydrogens (tertiary/aromatic N) is 1. The van der Waals surface area contributed by atoms with Gasteiger partial charge in [-0.15, -0.1) is 0 Å². The molecule has 1 amide bonds. The summed E-state index contributed by atoms with van der Waals surface area (Å²) in [6.45, 7) is 0. The van der Waals surface area contributed by atoms with Crippen LogP contribution in [0.4, 0.5) is 0 Å². The highest BCUT2D eigenvalue weighted by atomic mass is 16.4. The first-order valence-corrected chi connectivity index (χ1v) is 6.01. The molecule has 6 nitrogen and oxygen atoms in total. The first kappa shape index (κ1) is 14.3. The summed E-state index contributed by atoms with van der Waals surface area (Å²) in [5.41, 5.74) is 3.03. The number of carboxylic acid groups (broad SMARTS) is 1. The molecule has 0 atom stereocenters. The molecule has 0 aliphatic heterocycles. The van der Waals surface area contributed by atoms with Crippen LogP contribution < -0.4 is 10.5 Å². The van der Waals surface area contributed by atoms with E-state index in [0.717, 1.165) is 0 Å². The molecule has 2 rings (SSSR count). The molecule has 2 N–H and O–H groups in total. The lowest BCUT2D eigenvalue weighted by Gasteiger charge is -2.10. The molecule has 0 saturated carbocycles. The van der Waals surface area contributed by atoms with Crippen molar-refractivity contribution in [2.24, 2.45) is 5.10 Å². The number of aromatic carboxylic acids is 1. The second kappa shape index (κ2) is 6.33. The highest BCUT2D eigenvalue weighted by molar-refractivity contribution is 5.97. The van der Waals surface area contributed by atoms with Crippen molar-refractivity contribution in [2.75, 3.05) is 0 Å². The van der Waals surface area contributed by atoms with Crippen LogP contribution in [0.3, 0.4) is 0 Å². The van der Waals surface area contributed by atoms with Gasteiger partial charge in [0.05, 0.1) is 11.8 Å². The largest absolute Gasteiger partial charge is 0.872 e. The SMILES string of the molecule is O=C(O)c1ccc(/C=N\NC(=O)c2ccccc2[O-])cc1. The number of hydrogen-bond donors (Lipinski definition) is 2. The summed E-state index contributed by atoms with van der Waals surface area (Å²) in [6, 6.07) is 11.8. The van der Waals surface area contributed by atoms with E-state index in [-0.39, 0.29) is 16.9 Å². The first-order valence-electron chi connectivity index (χ1n) is 6.01. The molecule has 0 spiro atoms. The number of carboxylic acids is 1. The molecule has 0 saturated heterocycles. The van der Waals surface area contributed by atoms with Crippen molar-refractivity contribution in [1.29, 1.82) is 0 Å². The van der Waals surface area contributed by atoms with Gasteiger partial charge in [0.1, 0.15) is 0 Å². The monoisotopic (exact) mass is 283 g/mol. The molecule has 0 unspecified atom stereocenters. The van der Waals surface area contributed by atoms with Crippen molar-refractivity contribution in [2.45, 2.75) is 0 Å². The van der Waals surface area contributed by atoms with Gasteiger partial charge < -0.3 is 10.2 Å². The highest BCUT2D eigenvalue weighted by Crippen LogP contribution is 2.11. The van der Waals surface area contributed by atoms with Gasteiger partial charge in [0.25, 0.3) is 5.91 Å². The van der Waals surface area contributed by atoms with Crippen LogP contribution in [-0.2, 0) is 0 Å². The third kappa shape index (κ3) is 3.66. The van der Waals surface area contributed by atoms with E-state index in [1.807, 2.05) is 0 Å². The van der Waals surface area contributed by atoms with Crippen LogP contribution in [0.1, 0.15) is 26.3 Å². The van der Waals surface area contributed by atoms with Crippen molar-refractivity contribution in [3.05, 3.63) is 65.2 Å². The predicted octanol–water partition coefficient (Wildman–Crippen LogP) is 1.22. The Bertz CT molecular complexity index is 693. The molecule has 2 aromatic carbocycles. The van der Waals surface area contributed by atoms with Crippen molar-refractivity contribution < 1.29 is 19.8 Å². The lowest BCUT2D eigenvalue weighted by Crippen LogP contribution is -2.19. The van der Waals surface area contributed by atoms with Gasteiger partial charge in [-0.3, -0.25) is 4.79 Å². The second-order valence-corrected chi connectivity index (χ2v) is 4.12. The Balaban J connectivity index is 2.01. The Kier molecular flexibility index (Phi) is 4.30. The number of benzene rings is 2. The Morgan fingerprint density at radius 2 is 1.76 bits per heavy atom. The lowest BCUT2D eigenvalue weighted by molar-refractivity contribution is -0.268. The molecular formula is C15H11N2O4-. The van der Waals surface area contributed by atoms with Crippen LogP contribution in [0, 0.1) is 0 Å². The molecule has 0 aliphatic carbocycles. The van der Waals surface area contributed by atoms with E-state index in [1.54, 1.807) is 24.3 Å². The molecule has 21 heavy (non-hydrogen) atoms. The summed E-state index contributed by atoms with van der Waals surface area (Å²) in [5, 5.41) is 23.9. The molecule has 2 aromatic rings. The number of rotatable bonds is 4. The van der Waals surface area contributed by atoms with Gasteiger partial charge in [-0.2, -0.15) is 5.10 Å². The maximum absolute atomic E-state index is 11.7. The third-order valence-corrected chi connectivity index (χ3v) is 2.67. The van der Waals surface area contributed by atoms with Crippen LogP contribution in [0.15, 0.2) is 53.6 Å². The average Bonchev–Trinajstić information content (AvgIpc) is 2.48.